The molecule has 1 aromatic carbocycles. The molecule has 40 heavy (non-hydrogen) atoms. The van der Waals surface area contributed by atoms with E-state index in [1.807, 2.05) is 18.2 Å². The highest BCUT2D eigenvalue weighted by Crippen LogP contribution is 2.26. The van der Waals surface area contributed by atoms with Crippen molar-refractivity contribution in [2.75, 3.05) is 48.8 Å². The molecule has 0 aliphatic carbocycles. The van der Waals surface area contributed by atoms with Gasteiger partial charge in [-0.2, -0.15) is 0 Å². The first-order chi connectivity index (χ1) is 19.4. The van der Waals surface area contributed by atoms with E-state index in [1.54, 1.807) is 31.5 Å². The van der Waals surface area contributed by atoms with Crippen LogP contribution in [0.4, 0.5) is 17.2 Å². The van der Waals surface area contributed by atoms with Gasteiger partial charge in [-0.15, -0.1) is 0 Å². The van der Waals surface area contributed by atoms with Crippen LogP contribution >= 0.6 is 0 Å². The zero-order chi connectivity index (χ0) is 28.5. The molecule has 2 aromatic heterocycles. The number of pyridine rings is 1. The van der Waals surface area contributed by atoms with Crippen molar-refractivity contribution in [1.82, 2.24) is 30.8 Å². The second-order valence-corrected chi connectivity index (χ2v) is 9.02. The summed E-state index contributed by atoms with van der Waals surface area (Å²) in [5, 5.41) is 10.4. The number of hydrogen-bond donors (Lipinski definition) is 5. The molecule has 1 saturated heterocycles. The highest BCUT2D eigenvalue weighted by molar-refractivity contribution is 6.07. The van der Waals surface area contributed by atoms with E-state index >= 15 is 0 Å². The maximum absolute atomic E-state index is 13.2. The maximum Gasteiger partial charge on any atom is 0.278 e. The molecule has 1 aliphatic rings. The van der Waals surface area contributed by atoms with Crippen LogP contribution in [0.25, 0.3) is 11.3 Å². The summed E-state index contributed by atoms with van der Waals surface area (Å²) in [5.74, 6) is -1.22. The van der Waals surface area contributed by atoms with E-state index in [2.05, 4.69) is 41.0 Å². The van der Waals surface area contributed by atoms with Gasteiger partial charge < -0.3 is 36.5 Å². The van der Waals surface area contributed by atoms with E-state index in [-0.39, 0.29) is 36.4 Å². The van der Waals surface area contributed by atoms with Crippen molar-refractivity contribution < 1.29 is 19.1 Å². The lowest BCUT2D eigenvalue weighted by Crippen LogP contribution is -2.46. The number of nitrogens with zero attached hydrogens (tertiary/aromatic N) is 4. The number of aromatic nitrogens is 3. The van der Waals surface area contributed by atoms with Crippen LogP contribution in [0.2, 0.25) is 0 Å². The van der Waals surface area contributed by atoms with Crippen LogP contribution in [0.3, 0.4) is 0 Å². The number of morpholine rings is 1. The van der Waals surface area contributed by atoms with Gasteiger partial charge in [-0.3, -0.25) is 19.4 Å². The first-order valence-corrected chi connectivity index (χ1v) is 12.7. The van der Waals surface area contributed by atoms with Gasteiger partial charge in [0.1, 0.15) is 6.04 Å². The SMILES string of the molecule is [B]NCC(=O)N[C@@H](C)C(=O)NCc1ccc(-c2cnc(N)c(C(=O)Nc3cnccc3N3CCOCC3)n2)cc1. The van der Waals surface area contributed by atoms with Crippen molar-refractivity contribution in [3.8, 4) is 11.3 Å². The van der Waals surface area contributed by atoms with Gasteiger partial charge in [-0.1, -0.05) is 24.3 Å². The van der Waals surface area contributed by atoms with Crippen molar-refractivity contribution in [2.45, 2.75) is 19.5 Å². The lowest BCUT2D eigenvalue weighted by atomic mass is 10.1. The molecule has 0 unspecified atom stereocenters. The minimum atomic E-state index is -0.716. The molecule has 1 atom stereocenters. The average Bonchev–Trinajstić information content (AvgIpc) is 2.97. The Hall–Kier alpha value is -4.56. The summed E-state index contributed by atoms with van der Waals surface area (Å²) in [6.45, 7) is 4.36. The average molecular weight is 543 g/mol. The third-order valence-corrected chi connectivity index (χ3v) is 6.16. The van der Waals surface area contributed by atoms with Gasteiger partial charge >= 0.3 is 0 Å². The minimum absolute atomic E-state index is 0.000787. The Kier molecular flexibility index (Phi) is 9.59. The summed E-state index contributed by atoms with van der Waals surface area (Å²) in [5.41, 5.74) is 9.37. The third-order valence-electron chi connectivity index (χ3n) is 6.16. The van der Waals surface area contributed by atoms with Crippen LogP contribution in [-0.4, -0.2) is 79.5 Å². The summed E-state index contributed by atoms with van der Waals surface area (Å²) >= 11 is 0. The van der Waals surface area contributed by atoms with Gasteiger partial charge in [0.05, 0.1) is 49.2 Å². The topological polar surface area (TPSA) is 176 Å². The normalized spacial score (nSPS) is 13.8. The van der Waals surface area contributed by atoms with Crippen molar-refractivity contribution in [3.05, 3.63) is 60.2 Å². The number of anilines is 3. The summed E-state index contributed by atoms with van der Waals surface area (Å²) in [7, 11) is 5.11. The van der Waals surface area contributed by atoms with Crippen LogP contribution in [-0.2, 0) is 20.9 Å². The van der Waals surface area contributed by atoms with Gasteiger partial charge in [0.2, 0.25) is 11.8 Å². The third kappa shape index (κ3) is 7.30. The molecule has 1 aliphatic heterocycles. The fraction of sp³-hybridized carbons (Fsp3) is 0.308. The quantitative estimate of drug-likeness (QED) is 0.219. The van der Waals surface area contributed by atoms with Crippen LogP contribution in [0.5, 0.6) is 0 Å². The van der Waals surface area contributed by atoms with Crippen LogP contribution in [0.15, 0.2) is 48.9 Å². The molecule has 1 fully saturated rings. The number of carbonyl (C=O) groups excluding carboxylic acids is 3. The standard InChI is InChI=1S/C26H30BN9O4/c1-16(33-22(37)15-32-27)25(38)31-12-17-2-4-18(5-3-17)19-14-30-24(28)23(34-19)26(39)35-20-13-29-7-6-21(20)36-8-10-40-11-9-36/h2-7,13-14,16,32H,8-12,15H2,1H3,(H2,28,30)(H,31,38)(H,33,37)(H,35,39)/t16-/m0/s1. The van der Waals surface area contributed by atoms with Gasteiger partial charge in [0.25, 0.3) is 5.91 Å². The molecule has 14 heteroatoms. The number of benzene rings is 1. The van der Waals surface area contributed by atoms with Crippen LogP contribution in [0.1, 0.15) is 23.0 Å². The Balaban J connectivity index is 1.41. The number of hydrogen-bond acceptors (Lipinski definition) is 10. The number of carbonyl (C=O) groups is 3. The number of amides is 3. The monoisotopic (exact) mass is 543 g/mol. The molecular weight excluding hydrogens is 513 g/mol. The number of rotatable bonds is 10. The molecule has 0 spiro atoms. The predicted molar refractivity (Wildman–Crippen MR) is 150 cm³/mol. The lowest BCUT2D eigenvalue weighted by molar-refractivity contribution is -0.128. The Labute approximate surface area is 232 Å². The Bertz CT molecular complexity index is 1350. The highest BCUT2D eigenvalue weighted by atomic mass is 16.5. The van der Waals surface area contributed by atoms with Crippen LogP contribution in [0, 0.1) is 0 Å². The molecule has 3 aromatic rings. The molecule has 4 rings (SSSR count). The smallest absolute Gasteiger partial charge is 0.278 e. The van der Waals surface area contributed by atoms with Gasteiger partial charge in [-0.25, -0.2) is 9.97 Å². The fourth-order valence-corrected chi connectivity index (χ4v) is 4.04. The predicted octanol–water partition coefficient (Wildman–Crippen LogP) is 0.00370. The first-order valence-electron chi connectivity index (χ1n) is 12.7. The molecule has 206 valence electrons. The van der Waals surface area contributed by atoms with E-state index < -0.39 is 11.9 Å². The fourth-order valence-electron chi connectivity index (χ4n) is 4.04. The first kappa shape index (κ1) is 28.5. The molecule has 0 bridgehead atoms. The highest BCUT2D eigenvalue weighted by Gasteiger charge is 2.20. The van der Waals surface area contributed by atoms with E-state index in [4.69, 9.17) is 18.5 Å². The van der Waals surface area contributed by atoms with E-state index in [9.17, 15) is 14.4 Å². The van der Waals surface area contributed by atoms with E-state index in [0.717, 1.165) is 11.3 Å². The molecule has 6 N–H and O–H groups in total. The zero-order valence-corrected chi connectivity index (χ0v) is 22.0. The minimum Gasteiger partial charge on any atom is -0.382 e. The summed E-state index contributed by atoms with van der Waals surface area (Å²) in [6, 6.07) is 8.37. The lowest BCUT2D eigenvalue weighted by Gasteiger charge is -2.30. The number of nitrogens with one attached hydrogen (secondary N) is 4. The maximum atomic E-state index is 13.2. The number of ether oxygens (including phenoxy) is 1. The molecule has 3 heterocycles. The molecule has 0 saturated carbocycles. The molecular formula is C26H30BN9O4. The summed E-state index contributed by atoms with van der Waals surface area (Å²) in [6.07, 6.45) is 4.75. The van der Waals surface area contributed by atoms with Crippen molar-refractivity contribution >= 4 is 42.9 Å². The van der Waals surface area contributed by atoms with E-state index in [0.29, 0.717) is 43.2 Å². The summed E-state index contributed by atoms with van der Waals surface area (Å²) < 4.78 is 5.43. The van der Waals surface area contributed by atoms with Gasteiger partial charge in [-0.05, 0) is 18.6 Å². The van der Waals surface area contributed by atoms with E-state index in [1.165, 1.54) is 6.20 Å². The molecule has 13 nitrogen and oxygen atoms in total. The Morgan fingerprint density at radius 1 is 1.12 bits per heavy atom. The van der Waals surface area contributed by atoms with Gasteiger partial charge in [0.15, 0.2) is 19.5 Å². The molecule has 3 amide bonds. The second-order valence-electron chi connectivity index (χ2n) is 9.02. The Morgan fingerprint density at radius 3 is 2.60 bits per heavy atom. The second kappa shape index (κ2) is 13.5. The van der Waals surface area contributed by atoms with Crippen molar-refractivity contribution in [1.29, 1.82) is 0 Å². The molecule has 2 radical (unpaired) electrons. The van der Waals surface area contributed by atoms with Crippen molar-refractivity contribution in [2.24, 2.45) is 0 Å². The Morgan fingerprint density at radius 2 is 1.88 bits per heavy atom. The number of nitrogens with two attached hydrogens (primary N) is 1. The largest absolute Gasteiger partial charge is 0.382 e. The summed E-state index contributed by atoms with van der Waals surface area (Å²) in [4.78, 5) is 51.9. The van der Waals surface area contributed by atoms with Crippen molar-refractivity contribution in [3.63, 3.8) is 0 Å². The zero-order valence-electron chi connectivity index (χ0n) is 22.0. The number of nitrogen functional groups attached to an aromatic ring is 1. The van der Waals surface area contributed by atoms with Crippen LogP contribution < -0.4 is 31.8 Å². The van der Waals surface area contributed by atoms with Gasteiger partial charge in [0, 0.05) is 31.4 Å².